The number of carboxylic acids is 1. The molecule has 0 aliphatic carbocycles. The predicted molar refractivity (Wildman–Crippen MR) is 66.5 cm³/mol. The summed E-state index contributed by atoms with van der Waals surface area (Å²) in [6, 6.07) is 5.93. The van der Waals surface area contributed by atoms with E-state index in [4.69, 9.17) is 9.84 Å². The number of nitrogens with zero attached hydrogens (tertiary/aromatic N) is 1. The molecule has 0 fully saturated rings. The first-order valence-corrected chi connectivity index (χ1v) is 5.53. The average Bonchev–Trinajstić information content (AvgIpc) is 2.43. The molecule has 2 aromatic carbocycles. The molecule has 0 aliphatic rings. The number of aromatic carboxylic acids is 1. The predicted octanol–water partition coefficient (Wildman–Crippen LogP) is 3.36. The largest absolute Gasteiger partial charge is 0.478 e. The molecule has 0 atom stereocenters. The van der Waals surface area contributed by atoms with Crippen molar-refractivity contribution in [2.45, 2.75) is 0 Å². The maximum atomic E-state index is 13.5. The number of benzene rings is 2. The topological polar surface area (TPSA) is 89.7 Å². The van der Waals surface area contributed by atoms with E-state index in [-0.39, 0.29) is 5.75 Å². The molecule has 1 N–H and O–H groups in total. The molecule has 0 aromatic heterocycles. The Balaban J connectivity index is 2.46. The quantitative estimate of drug-likeness (QED) is 0.690. The van der Waals surface area contributed by atoms with Crippen molar-refractivity contribution in [2.75, 3.05) is 0 Å². The molecular formula is C13H7F2NO5. The molecule has 0 heterocycles. The molecule has 2 rings (SSSR count). The highest BCUT2D eigenvalue weighted by atomic mass is 19.2. The van der Waals surface area contributed by atoms with E-state index in [1.165, 1.54) is 6.07 Å². The zero-order chi connectivity index (χ0) is 15.6. The zero-order valence-electron chi connectivity index (χ0n) is 10.2. The van der Waals surface area contributed by atoms with E-state index in [0.29, 0.717) is 0 Å². The number of hydrogen-bond donors (Lipinski definition) is 1. The Labute approximate surface area is 116 Å². The van der Waals surface area contributed by atoms with E-state index < -0.39 is 39.5 Å². The van der Waals surface area contributed by atoms with Gasteiger partial charge in [0, 0.05) is 12.1 Å². The van der Waals surface area contributed by atoms with Gasteiger partial charge in [0.2, 0.25) is 5.82 Å². The smallest absolute Gasteiger partial charge is 0.339 e. The minimum absolute atomic E-state index is 0.336. The minimum atomic E-state index is -1.49. The van der Waals surface area contributed by atoms with Crippen LogP contribution in [-0.2, 0) is 0 Å². The monoisotopic (exact) mass is 295 g/mol. The van der Waals surface area contributed by atoms with Crippen LogP contribution >= 0.6 is 0 Å². The number of rotatable bonds is 4. The molecule has 21 heavy (non-hydrogen) atoms. The number of ether oxygens (including phenoxy) is 1. The van der Waals surface area contributed by atoms with E-state index in [1.807, 2.05) is 0 Å². The molecule has 0 bridgehead atoms. The normalized spacial score (nSPS) is 10.2. The maximum absolute atomic E-state index is 13.5. The van der Waals surface area contributed by atoms with Crippen molar-refractivity contribution in [1.82, 2.24) is 0 Å². The van der Waals surface area contributed by atoms with Crippen molar-refractivity contribution in [1.29, 1.82) is 0 Å². The van der Waals surface area contributed by atoms with E-state index in [9.17, 15) is 23.7 Å². The molecule has 2 aromatic rings. The fourth-order valence-electron chi connectivity index (χ4n) is 1.57. The van der Waals surface area contributed by atoms with Crippen molar-refractivity contribution in [3.8, 4) is 11.5 Å². The SMILES string of the molecule is O=C(O)c1cc([N+](=O)[O-])ccc1Oc1cccc(F)c1F. The Morgan fingerprint density at radius 3 is 2.52 bits per heavy atom. The van der Waals surface area contributed by atoms with E-state index in [1.54, 1.807) is 0 Å². The number of hydrogen-bond acceptors (Lipinski definition) is 4. The second-order valence-corrected chi connectivity index (χ2v) is 3.90. The molecule has 6 nitrogen and oxygen atoms in total. The lowest BCUT2D eigenvalue weighted by Crippen LogP contribution is -2.02. The summed E-state index contributed by atoms with van der Waals surface area (Å²) in [4.78, 5) is 20.9. The molecule has 0 saturated carbocycles. The number of nitro groups is 1. The highest BCUT2D eigenvalue weighted by molar-refractivity contribution is 5.91. The third-order valence-electron chi connectivity index (χ3n) is 2.54. The molecular weight excluding hydrogens is 288 g/mol. The maximum Gasteiger partial charge on any atom is 0.339 e. The van der Waals surface area contributed by atoms with Gasteiger partial charge in [0.25, 0.3) is 5.69 Å². The lowest BCUT2D eigenvalue weighted by atomic mass is 10.2. The van der Waals surface area contributed by atoms with Crippen LogP contribution in [-0.4, -0.2) is 16.0 Å². The zero-order valence-corrected chi connectivity index (χ0v) is 10.2. The van der Waals surface area contributed by atoms with Gasteiger partial charge >= 0.3 is 5.97 Å². The van der Waals surface area contributed by atoms with E-state index in [2.05, 4.69) is 0 Å². The number of carboxylic acid groups (broad SMARTS) is 1. The van der Waals surface area contributed by atoms with E-state index in [0.717, 1.165) is 30.3 Å². The fraction of sp³-hybridized carbons (Fsp3) is 0. The summed E-state index contributed by atoms with van der Waals surface area (Å²) < 4.78 is 31.5. The van der Waals surface area contributed by atoms with Gasteiger partial charge in [0.1, 0.15) is 11.3 Å². The van der Waals surface area contributed by atoms with Crippen LogP contribution in [0.2, 0.25) is 0 Å². The summed E-state index contributed by atoms with van der Waals surface area (Å²) in [5, 5.41) is 19.6. The molecule has 0 saturated heterocycles. The first-order chi connectivity index (χ1) is 9.90. The molecule has 0 unspecified atom stereocenters. The average molecular weight is 295 g/mol. The Morgan fingerprint density at radius 1 is 1.19 bits per heavy atom. The first-order valence-electron chi connectivity index (χ1n) is 5.53. The number of carbonyl (C=O) groups is 1. The van der Waals surface area contributed by atoms with Crippen LogP contribution in [0.5, 0.6) is 11.5 Å². The summed E-state index contributed by atoms with van der Waals surface area (Å²) >= 11 is 0. The van der Waals surface area contributed by atoms with Gasteiger partial charge in [-0.1, -0.05) is 6.07 Å². The van der Waals surface area contributed by atoms with Crippen molar-refractivity contribution in [3.63, 3.8) is 0 Å². The second-order valence-electron chi connectivity index (χ2n) is 3.90. The second kappa shape index (κ2) is 5.53. The molecule has 8 heteroatoms. The van der Waals surface area contributed by atoms with Crippen LogP contribution in [0.1, 0.15) is 10.4 Å². The number of non-ortho nitro benzene ring substituents is 1. The highest BCUT2D eigenvalue weighted by Crippen LogP contribution is 2.30. The summed E-state index contributed by atoms with van der Waals surface area (Å²) in [6.45, 7) is 0. The van der Waals surface area contributed by atoms with Crippen molar-refractivity contribution in [2.24, 2.45) is 0 Å². The summed E-state index contributed by atoms with van der Waals surface area (Å²) in [5.74, 6) is -4.80. The van der Waals surface area contributed by atoms with Gasteiger partial charge in [-0.05, 0) is 18.2 Å². The Hall–Kier alpha value is -3.03. The standard InChI is InChI=1S/C13H7F2NO5/c14-9-2-1-3-11(12(9)15)21-10-5-4-7(16(19)20)6-8(10)13(17)18/h1-6H,(H,17,18). The first kappa shape index (κ1) is 14.4. The van der Waals surface area contributed by atoms with Gasteiger partial charge in [0.05, 0.1) is 4.92 Å². The third-order valence-corrected chi connectivity index (χ3v) is 2.54. The fourth-order valence-corrected chi connectivity index (χ4v) is 1.57. The summed E-state index contributed by atoms with van der Waals surface area (Å²) in [7, 11) is 0. The van der Waals surface area contributed by atoms with Crippen LogP contribution in [0, 0.1) is 21.7 Å². The Bertz CT molecular complexity index is 732. The number of halogens is 2. The third kappa shape index (κ3) is 2.94. The van der Waals surface area contributed by atoms with Crippen molar-refractivity contribution < 1.29 is 28.3 Å². The van der Waals surface area contributed by atoms with Crippen LogP contribution in [0.3, 0.4) is 0 Å². The van der Waals surface area contributed by atoms with Crippen LogP contribution in [0.4, 0.5) is 14.5 Å². The summed E-state index contributed by atoms with van der Waals surface area (Å²) in [6.07, 6.45) is 0. The summed E-state index contributed by atoms with van der Waals surface area (Å²) in [5.41, 5.74) is -0.993. The van der Waals surface area contributed by atoms with Crippen LogP contribution in [0.25, 0.3) is 0 Å². The van der Waals surface area contributed by atoms with Crippen molar-refractivity contribution >= 4 is 11.7 Å². The molecule has 0 radical (unpaired) electrons. The van der Waals surface area contributed by atoms with Crippen LogP contribution in [0.15, 0.2) is 36.4 Å². The minimum Gasteiger partial charge on any atom is -0.478 e. The van der Waals surface area contributed by atoms with Gasteiger partial charge < -0.3 is 9.84 Å². The Kier molecular flexibility index (Phi) is 3.79. The van der Waals surface area contributed by atoms with Gasteiger partial charge in [-0.15, -0.1) is 0 Å². The molecule has 0 aliphatic heterocycles. The molecule has 0 amide bonds. The van der Waals surface area contributed by atoms with E-state index >= 15 is 0 Å². The van der Waals surface area contributed by atoms with Gasteiger partial charge in [-0.2, -0.15) is 4.39 Å². The van der Waals surface area contributed by atoms with Crippen molar-refractivity contribution in [3.05, 3.63) is 63.7 Å². The molecule has 0 spiro atoms. The van der Waals surface area contributed by atoms with Gasteiger partial charge in [-0.25, -0.2) is 9.18 Å². The Morgan fingerprint density at radius 2 is 1.90 bits per heavy atom. The lowest BCUT2D eigenvalue weighted by Gasteiger charge is -2.09. The number of nitro benzene ring substituents is 1. The van der Waals surface area contributed by atoms with Gasteiger partial charge in [0.15, 0.2) is 11.6 Å². The lowest BCUT2D eigenvalue weighted by molar-refractivity contribution is -0.384. The van der Waals surface area contributed by atoms with Crippen LogP contribution < -0.4 is 4.74 Å². The highest BCUT2D eigenvalue weighted by Gasteiger charge is 2.19. The molecule has 108 valence electrons. The van der Waals surface area contributed by atoms with Gasteiger partial charge in [-0.3, -0.25) is 10.1 Å².